The smallest absolute Gasteiger partial charge is 0.414 e. The van der Waals surface area contributed by atoms with Crippen LogP contribution in [0.3, 0.4) is 0 Å². The van der Waals surface area contributed by atoms with Crippen LogP contribution in [0.25, 0.3) is 0 Å². The first-order valence-electron chi connectivity index (χ1n) is 3.12. The summed E-state index contributed by atoms with van der Waals surface area (Å²) in [4.78, 5) is 10.5. The van der Waals surface area contributed by atoms with E-state index in [0.717, 1.165) is 0 Å². The SMILES string of the molecule is COC(=O)NC(=S)OC(C)C. The molecule has 5 heteroatoms. The van der Waals surface area contributed by atoms with Crippen LogP contribution < -0.4 is 5.32 Å². The maximum Gasteiger partial charge on any atom is 0.414 e. The topological polar surface area (TPSA) is 47.6 Å². The minimum atomic E-state index is -0.615. The molecule has 0 saturated carbocycles. The van der Waals surface area contributed by atoms with Gasteiger partial charge in [-0.05, 0) is 26.1 Å². The maximum atomic E-state index is 10.5. The first-order chi connectivity index (χ1) is 5.06. The van der Waals surface area contributed by atoms with Crippen molar-refractivity contribution in [2.24, 2.45) is 0 Å². The Kier molecular flexibility index (Phi) is 4.52. The average molecular weight is 177 g/mol. The Balaban J connectivity index is 3.61. The minimum absolute atomic E-state index is 0.0341. The molecule has 4 nitrogen and oxygen atoms in total. The summed E-state index contributed by atoms with van der Waals surface area (Å²) in [7, 11) is 1.26. The lowest BCUT2D eigenvalue weighted by Crippen LogP contribution is -2.32. The van der Waals surface area contributed by atoms with E-state index in [4.69, 9.17) is 4.74 Å². The Labute approximate surface area is 70.9 Å². The van der Waals surface area contributed by atoms with E-state index in [1.54, 1.807) is 0 Å². The largest absolute Gasteiger partial charge is 0.468 e. The van der Waals surface area contributed by atoms with Crippen molar-refractivity contribution in [1.29, 1.82) is 0 Å². The molecule has 0 aliphatic carbocycles. The number of hydrogen-bond donors (Lipinski definition) is 1. The van der Waals surface area contributed by atoms with Gasteiger partial charge in [0.05, 0.1) is 13.2 Å². The number of carbonyl (C=O) groups excluding carboxylic acids is 1. The fourth-order valence-electron chi connectivity index (χ4n) is 0.378. The molecular formula is C6H11NO3S. The first-order valence-corrected chi connectivity index (χ1v) is 3.52. The monoisotopic (exact) mass is 177 g/mol. The van der Waals surface area contributed by atoms with Gasteiger partial charge in [-0.1, -0.05) is 0 Å². The van der Waals surface area contributed by atoms with Crippen molar-refractivity contribution in [1.82, 2.24) is 5.32 Å². The van der Waals surface area contributed by atoms with Gasteiger partial charge in [-0.3, -0.25) is 5.32 Å². The highest BCUT2D eigenvalue weighted by molar-refractivity contribution is 7.80. The zero-order valence-electron chi connectivity index (χ0n) is 6.71. The van der Waals surface area contributed by atoms with E-state index >= 15 is 0 Å². The van der Waals surface area contributed by atoms with Crippen molar-refractivity contribution in [3.05, 3.63) is 0 Å². The van der Waals surface area contributed by atoms with E-state index in [-0.39, 0.29) is 11.3 Å². The summed E-state index contributed by atoms with van der Waals surface area (Å²) in [6.07, 6.45) is -0.657. The molecule has 0 unspecified atom stereocenters. The molecule has 1 N–H and O–H groups in total. The van der Waals surface area contributed by atoms with Gasteiger partial charge in [-0.25, -0.2) is 4.79 Å². The van der Waals surface area contributed by atoms with E-state index in [1.165, 1.54) is 7.11 Å². The number of thiocarbonyl (C=S) groups is 1. The Bertz CT molecular complexity index is 158. The first kappa shape index (κ1) is 10.2. The predicted octanol–water partition coefficient (Wildman–Crippen LogP) is 1.05. The molecule has 0 atom stereocenters. The summed E-state index contributed by atoms with van der Waals surface area (Å²) in [5, 5.41) is 2.24. The Morgan fingerprint density at radius 2 is 2.09 bits per heavy atom. The second kappa shape index (κ2) is 4.90. The van der Waals surface area contributed by atoms with Crippen molar-refractivity contribution >= 4 is 23.5 Å². The third-order valence-corrected chi connectivity index (χ3v) is 0.931. The van der Waals surface area contributed by atoms with E-state index < -0.39 is 6.09 Å². The second-order valence-electron chi connectivity index (χ2n) is 2.07. The lowest BCUT2D eigenvalue weighted by molar-refractivity contribution is 0.169. The van der Waals surface area contributed by atoms with Gasteiger partial charge in [-0.15, -0.1) is 0 Å². The van der Waals surface area contributed by atoms with Gasteiger partial charge >= 0.3 is 6.09 Å². The quantitative estimate of drug-likeness (QED) is 0.608. The number of alkyl carbamates (subject to hydrolysis) is 1. The molecule has 11 heavy (non-hydrogen) atoms. The zero-order chi connectivity index (χ0) is 8.85. The molecular weight excluding hydrogens is 166 g/mol. The molecule has 0 saturated heterocycles. The summed E-state index contributed by atoms with van der Waals surface area (Å²) in [6.45, 7) is 3.62. The number of carbonyl (C=O) groups is 1. The maximum absolute atomic E-state index is 10.5. The lowest BCUT2D eigenvalue weighted by Gasteiger charge is -2.09. The Hall–Kier alpha value is -0.840. The molecule has 0 heterocycles. The van der Waals surface area contributed by atoms with Crippen molar-refractivity contribution in [2.45, 2.75) is 20.0 Å². The number of nitrogens with one attached hydrogen (secondary N) is 1. The molecule has 0 aliphatic rings. The third kappa shape index (κ3) is 5.60. The average Bonchev–Trinajstić information content (AvgIpc) is 1.85. The van der Waals surface area contributed by atoms with Crippen LogP contribution >= 0.6 is 12.2 Å². The highest BCUT2D eigenvalue weighted by atomic mass is 32.1. The third-order valence-electron chi connectivity index (χ3n) is 0.732. The summed E-state index contributed by atoms with van der Waals surface area (Å²) >= 11 is 4.64. The standard InChI is InChI=1S/C6H11NO3S/c1-4(2)10-6(11)7-5(8)9-3/h4H,1-3H3,(H,7,8,11). The molecule has 0 aliphatic heterocycles. The number of ether oxygens (including phenoxy) is 2. The van der Waals surface area contributed by atoms with Crippen LogP contribution in [0.1, 0.15) is 13.8 Å². The molecule has 0 rings (SSSR count). The van der Waals surface area contributed by atoms with Gasteiger partial charge in [0.1, 0.15) is 0 Å². The molecule has 0 fully saturated rings. The van der Waals surface area contributed by atoms with Gasteiger partial charge < -0.3 is 9.47 Å². The molecule has 0 aromatic carbocycles. The van der Waals surface area contributed by atoms with Crippen molar-refractivity contribution in [3.63, 3.8) is 0 Å². The summed E-state index contributed by atoms with van der Waals surface area (Å²) in [5.41, 5.74) is 0. The van der Waals surface area contributed by atoms with Gasteiger partial charge in [-0.2, -0.15) is 0 Å². The fraction of sp³-hybridized carbons (Fsp3) is 0.667. The number of rotatable bonds is 1. The molecule has 0 aromatic rings. The van der Waals surface area contributed by atoms with Gasteiger partial charge in [0.2, 0.25) is 0 Å². The van der Waals surface area contributed by atoms with Crippen molar-refractivity contribution in [3.8, 4) is 0 Å². The van der Waals surface area contributed by atoms with Crippen LogP contribution in [0.15, 0.2) is 0 Å². The summed E-state index contributed by atoms with van der Waals surface area (Å²) in [6, 6.07) is 0. The highest BCUT2D eigenvalue weighted by Gasteiger charge is 2.04. The Morgan fingerprint density at radius 1 is 1.55 bits per heavy atom. The number of hydrogen-bond acceptors (Lipinski definition) is 4. The number of methoxy groups -OCH3 is 1. The van der Waals surface area contributed by atoms with E-state index in [2.05, 4.69) is 22.3 Å². The molecule has 0 bridgehead atoms. The lowest BCUT2D eigenvalue weighted by atomic mass is 10.5. The summed E-state index contributed by atoms with van der Waals surface area (Å²) in [5.74, 6) is 0. The summed E-state index contributed by atoms with van der Waals surface area (Å²) < 4.78 is 9.23. The van der Waals surface area contributed by atoms with Gasteiger partial charge in [0.15, 0.2) is 0 Å². The molecule has 1 amide bonds. The minimum Gasteiger partial charge on any atom is -0.468 e. The van der Waals surface area contributed by atoms with E-state index in [1.807, 2.05) is 13.8 Å². The van der Waals surface area contributed by atoms with E-state index in [9.17, 15) is 4.79 Å². The second-order valence-corrected chi connectivity index (χ2v) is 2.44. The van der Waals surface area contributed by atoms with Gasteiger partial charge in [0, 0.05) is 0 Å². The Morgan fingerprint density at radius 3 is 2.45 bits per heavy atom. The molecule has 64 valence electrons. The normalized spacial score (nSPS) is 9.09. The van der Waals surface area contributed by atoms with Crippen molar-refractivity contribution in [2.75, 3.05) is 7.11 Å². The molecule has 0 radical (unpaired) electrons. The fourth-order valence-corrected chi connectivity index (χ4v) is 0.654. The van der Waals surface area contributed by atoms with Crippen LogP contribution in [-0.4, -0.2) is 24.5 Å². The van der Waals surface area contributed by atoms with Crippen molar-refractivity contribution < 1.29 is 14.3 Å². The highest BCUT2D eigenvalue weighted by Crippen LogP contribution is 1.88. The van der Waals surface area contributed by atoms with Crippen LogP contribution in [-0.2, 0) is 9.47 Å². The van der Waals surface area contributed by atoms with Gasteiger partial charge in [0.25, 0.3) is 5.17 Å². The van der Waals surface area contributed by atoms with Crippen LogP contribution in [0.5, 0.6) is 0 Å². The number of amides is 1. The molecule has 0 spiro atoms. The van der Waals surface area contributed by atoms with Crippen LogP contribution in [0.2, 0.25) is 0 Å². The van der Waals surface area contributed by atoms with Crippen LogP contribution in [0.4, 0.5) is 4.79 Å². The predicted molar refractivity (Wildman–Crippen MR) is 44.4 cm³/mol. The molecule has 0 aromatic heterocycles. The van der Waals surface area contributed by atoms with Crippen LogP contribution in [0, 0.1) is 0 Å². The zero-order valence-corrected chi connectivity index (χ0v) is 7.53. The van der Waals surface area contributed by atoms with E-state index in [0.29, 0.717) is 0 Å².